The predicted octanol–water partition coefficient (Wildman–Crippen LogP) is 4.93. The molecule has 6 nitrogen and oxygen atoms in total. The molecule has 33 heavy (non-hydrogen) atoms. The SMILES string of the molecule is C=CCSc1nnc(CCCN2C(=O)c3cccc4cccc(c34)C2=O)n1-c1ccccc1. The van der Waals surface area contributed by atoms with E-state index in [1.807, 2.05) is 65.2 Å². The van der Waals surface area contributed by atoms with Gasteiger partial charge in [-0.25, -0.2) is 0 Å². The van der Waals surface area contributed by atoms with Crippen molar-refractivity contribution in [2.24, 2.45) is 0 Å². The quantitative estimate of drug-likeness (QED) is 0.215. The maximum atomic E-state index is 13.1. The molecule has 5 rings (SSSR count). The van der Waals surface area contributed by atoms with Gasteiger partial charge in [-0.2, -0.15) is 0 Å². The topological polar surface area (TPSA) is 68.1 Å². The fourth-order valence-corrected chi connectivity index (χ4v) is 4.91. The van der Waals surface area contributed by atoms with E-state index in [0.29, 0.717) is 30.5 Å². The second-order valence-corrected chi connectivity index (χ2v) is 8.73. The lowest BCUT2D eigenvalue weighted by atomic mass is 9.94. The van der Waals surface area contributed by atoms with Crippen LogP contribution in [0.5, 0.6) is 0 Å². The van der Waals surface area contributed by atoms with Crippen LogP contribution >= 0.6 is 11.8 Å². The van der Waals surface area contributed by atoms with Crippen molar-refractivity contribution in [1.82, 2.24) is 19.7 Å². The van der Waals surface area contributed by atoms with Gasteiger partial charge in [0, 0.05) is 40.9 Å². The monoisotopic (exact) mass is 454 g/mol. The molecule has 0 radical (unpaired) electrons. The number of aromatic nitrogens is 3. The second-order valence-electron chi connectivity index (χ2n) is 7.74. The summed E-state index contributed by atoms with van der Waals surface area (Å²) in [5.74, 6) is 1.05. The normalized spacial score (nSPS) is 13.0. The molecule has 0 atom stereocenters. The lowest BCUT2D eigenvalue weighted by Gasteiger charge is -2.27. The number of benzene rings is 3. The van der Waals surface area contributed by atoms with Crippen molar-refractivity contribution in [3.63, 3.8) is 0 Å². The molecule has 3 aromatic carbocycles. The molecule has 2 amide bonds. The van der Waals surface area contributed by atoms with Gasteiger partial charge in [-0.1, -0.05) is 60.3 Å². The zero-order valence-electron chi connectivity index (χ0n) is 18.0. The maximum Gasteiger partial charge on any atom is 0.261 e. The van der Waals surface area contributed by atoms with Crippen LogP contribution in [0.1, 0.15) is 33.0 Å². The van der Waals surface area contributed by atoms with Crippen LogP contribution in [0, 0.1) is 0 Å². The van der Waals surface area contributed by atoms with Gasteiger partial charge in [-0.05, 0) is 36.1 Å². The summed E-state index contributed by atoms with van der Waals surface area (Å²) in [6, 6.07) is 21.1. The van der Waals surface area contributed by atoms with E-state index in [0.717, 1.165) is 33.2 Å². The van der Waals surface area contributed by atoms with Gasteiger partial charge in [0.05, 0.1) is 0 Å². The highest BCUT2D eigenvalue weighted by atomic mass is 32.2. The van der Waals surface area contributed by atoms with Crippen LogP contribution in [0.15, 0.2) is 84.5 Å². The summed E-state index contributed by atoms with van der Waals surface area (Å²) in [6.45, 7) is 4.10. The molecule has 0 N–H and O–H groups in total. The van der Waals surface area contributed by atoms with Gasteiger partial charge in [0.15, 0.2) is 5.16 Å². The van der Waals surface area contributed by atoms with Gasteiger partial charge in [0.2, 0.25) is 0 Å². The molecule has 4 aromatic rings. The smallest absolute Gasteiger partial charge is 0.261 e. The lowest BCUT2D eigenvalue weighted by molar-refractivity contribution is 0.0608. The summed E-state index contributed by atoms with van der Waals surface area (Å²) in [5.41, 5.74) is 2.14. The average Bonchev–Trinajstić information content (AvgIpc) is 3.26. The number of thioether (sulfide) groups is 1. The molecule has 164 valence electrons. The molecule has 0 bridgehead atoms. The number of hydrogen-bond donors (Lipinski definition) is 0. The Bertz CT molecular complexity index is 1310. The van der Waals surface area contributed by atoms with E-state index in [9.17, 15) is 9.59 Å². The predicted molar refractivity (Wildman–Crippen MR) is 130 cm³/mol. The van der Waals surface area contributed by atoms with Crippen LogP contribution < -0.4 is 0 Å². The number of carbonyl (C=O) groups is 2. The number of amides is 2. The molecule has 2 heterocycles. The molecule has 0 saturated heterocycles. The number of hydrogen-bond acceptors (Lipinski definition) is 5. The summed E-state index contributed by atoms with van der Waals surface area (Å²) in [5, 5.41) is 11.2. The Morgan fingerprint density at radius 1 is 0.879 bits per heavy atom. The van der Waals surface area contributed by atoms with Crippen molar-refractivity contribution in [1.29, 1.82) is 0 Å². The first-order valence-electron chi connectivity index (χ1n) is 10.8. The van der Waals surface area contributed by atoms with Crippen LogP contribution in [0.4, 0.5) is 0 Å². The molecule has 1 aliphatic rings. The van der Waals surface area contributed by atoms with Crippen molar-refractivity contribution < 1.29 is 9.59 Å². The van der Waals surface area contributed by atoms with E-state index in [1.165, 1.54) is 4.90 Å². The minimum atomic E-state index is -0.240. The second kappa shape index (κ2) is 9.03. The third-order valence-electron chi connectivity index (χ3n) is 5.68. The minimum Gasteiger partial charge on any atom is -0.274 e. The van der Waals surface area contributed by atoms with E-state index in [1.54, 1.807) is 23.9 Å². The molecule has 0 aliphatic carbocycles. The van der Waals surface area contributed by atoms with Crippen LogP contribution in [-0.2, 0) is 6.42 Å². The molecule has 1 aliphatic heterocycles. The lowest BCUT2D eigenvalue weighted by Crippen LogP contribution is -2.41. The fourth-order valence-electron chi connectivity index (χ4n) is 4.20. The van der Waals surface area contributed by atoms with E-state index in [4.69, 9.17) is 0 Å². The highest BCUT2D eigenvalue weighted by Gasteiger charge is 2.32. The Morgan fingerprint density at radius 3 is 2.24 bits per heavy atom. The van der Waals surface area contributed by atoms with Crippen molar-refractivity contribution >= 4 is 34.3 Å². The highest BCUT2D eigenvalue weighted by molar-refractivity contribution is 7.99. The summed E-state index contributed by atoms with van der Waals surface area (Å²) < 4.78 is 2.03. The van der Waals surface area contributed by atoms with Crippen molar-refractivity contribution in [3.05, 3.63) is 96.3 Å². The molecule has 7 heteroatoms. The number of imide groups is 1. The number of carbonyl (C=O) groups excluding carboxylic acids is 2. The van der Waals surface area contributed by atoms with Gasteiger partial charge < -0.3 is 0 Å². The van der Waals surface area contributed by atoms with Gasteiger partial charge in [-0.3, -0.25) is 19.1 Å². The van der Waals surface area contributed by atoms with Crippen LogP contribution in [0.25, 0.3) is 16.5 Å². The average molecular weight is 455 g/mol. The summed E-state index contributed by atoms with van der Waals surface area (Å²) in [4.78, 5) is 27.6. The molecule has 0 spiro atoms. The van der Waals surface area contributed by atoms with Gasteiger partial charge >= 0.3 is 0 Å². The van der Waals surface area contributed by atoms with E-state index < -0.39 is 0 Å². The van der Waals surface area contributed by atoms with Crippen molar-refractivity contribution in [2.75, 3.05) is 12.3 Å². The molecular weight excluding hydrogens is 432 g/mol. The first-order chi connectivity index (χ1) is 16.2. The van der Waals surface area contributed by atoms with Gasteiger partial charge in [-0.15, -0.1) is 16.8 Å². The summed E-state index contributed by atoms with van der Waals surface area (Å²) in [7, 11) is 0. The summed E-state index contributed by atoms with van der Waals surface area (Å²) in [6.07, 6.45) is 3.01. The largest absolute Gasteiger partial charge is 0.274 e. The molecule has 0 fully saturated rings. The first kappa shape index (κ1) is 21.2. The number of nitrogens with zero attached hydrogens (tertiary/aromatic N) is 4. The van der Waals surface area contributed by atoms with Crippen LogP contribution in [-0.4, -0.2) is 43.8 Å². The maximum absolute atomic E-state index is 13.1. The van der Waals surface area contributed by atoms with E-state index in [2.05, 4.69) is 16.8 Å². The molecule has 0 unspecified atom stereocenters. The third-order valence-corrected chi connectivity index (χ3v) is 6.61. The number of aryl methyl sites for hydroxylation is 1. The highest BCUT2D eigenvalue weighted by Crippen LogP contribution is 2.30. The molecule has 0 saturated carbocycles. The number of rotatable bonds is 8. The summed E-state index contributed by atoms with van der Waals surface area (Å²) >= 11 is 1.57. The van der Waals surface area contributed by atoms with Gasteiger partial charge in [0.25, 0.3) is 11.8 Å². The Balaban J connectivity index is 1.37. The van der Waals surface area contributed by atoms with Crippen molar-refractivity contribution in [3.8, 4) is 5.69 Å². The Kier molecular flexibility index (Phi) is 5.79. The van der Waals surface area contributed by atoms with Crippen LogP contribution in [0.2, 0.25) is 0 Å². The van der Waals surface area contributed by atoms with E-state index in [-0.39, 0.29) is 11.8 Å². The molecular formula is C26H22N4O2S. The fraction of sp³-hybridized carbons (Fsp3) is 0.154. The van der Waals surface area contributed by atoms with Gasteiger partial charge in [0.1, 0.15) is 5.82 Å². The zero-order valence-corrected chi connectivity index (χ0v) is 18.8. The van der Waals surface area contributed by atoms with E-state index >= 15 is 0 Å². The first-order valence-corrected chi connectivity index (χ1v) is 11.8. The Hall–Kier alpha value is -3.71. The van der Waals surface area contributed by atoms with Crippen molar-refractivity contribution in [2.45, 2.75) is 18.0 Å². The standard InChI is InChI=1S/C26H22N4O2S/c1-2-17-33-26-28-27-22(30(26)19-11-4-3-5-12-19)15-8-16-29-24(31)20-13-6-9-18-10-7-14-21(23(18)20)25(29)32/h2-7,9-14H,1,8,15-17H2. The van der Waals surface area contributed by atoms with Crippen LogP contribution in [0.3, 0.4) is 0 Å². The Morgan fingerprint density at radius 2 is 1.58 bits per heavy atom. The zero-order chi connectivity index (χ0) is 22.8. The Labute approximate surface area is 195 Å². The number of para-hydroxylation sites is 1. The third kappa shape index (κ3) is 3.85. The molecule has 1 aromatic heterocycles. The minimum absolute atomic E-state index is 0.240.